The third-order valence-corrected chi connectivity index (χ3v) is 7.29. The molecule has 2 N–H and O–H groups in total. The van der Waals surface area contributed by atoms with Gasteiger partial charge in [-0.15, -0.1) is 0 Å². The highest BCUT2D eigenvalue weighted by Gasteiger charge is 2.54. The monoisotopic (exact) mass is 343 g/mol. The maximum Gasteiger partial charge on any atom is 0.315 e. The van der Waals surface area contributed by atoms with Crippen molar-refractivity contribution in [2.75, 3.05) is 0 Å². The van der Waals surface area contributed by atoms with E-state index in [9.17, 15) is 4.79 Å². The lowest BCUT2D eigenvalue weighted by Crippen LogP contribution is -2.48. The van der Waals surface area contributed by atoms with Crippen LogP contribution in [-0.2, 0) is 13.0 Å². The van der Waals surface area contributed by atoms with Gasteiger partial charge in [-0.2, -0.15) is 5.10 Å². The van der Waals surface area contributed by atoms with Crippen LogP contribution in [0.5, 0.6) is 0 Å². The minimum Gasteiger partial charge on any atom is -0.335 e. The molecule has 3 saturated carbocycles. The second-order valence-electron chi connectivity index (χ2n) is 8.54. The molecule has 0 aromatic carbocycles. The Hall–Kier alpha value is -1.59. The first-order valence-electron chi connectivity index (χ1n) is 10.2. The molecule has 1 aliphatic heterocycles. The van der Waals surface area contributed by atoms with Crippen molar-refractivity contribution in [1.29, 1.82) is 0 Å². The Balaban J connectivity index is 1.23. The number of urea groups is 1. The van der Waals surface area contributed by atoms with Crippen molar-refractivity contribution in [3.63, 3.8) is 0 Å². The van der Waals surface area contributed by atoms with E-state index in [1.54, 1.807) is 0 Å². The number of carbonyl (C=O) groups excluding carboxylic acids is 1. The van der Waals surface area contributed by atoms with Crippen LogP contribution in [-0.4, -0.2) is 26.8 Å². The number of aromatic nitrogens is 3. The summed E-state index contributed by atoms with van der Waals surface area (Å²) in [5.41, 5.74) is 0. The highest BCUT2D eigenvalue weighted by Crippen LogP contribution is 2.58. The molecule has 0 saturated heterocycles. The Morgan fingerprint density at radius 2 is 2.00 bits per heavy atom. The first-order valence-corrected chi connectivity index (χ1v) is 10.2. The molecule has 0 radical (unpaired) electrons. The molecule has 3 fully saturated rings. The van der Waals surface area contributed by atoms with Gasteiger partial charge in [0.25, 0.3) is 0 Å². The number of fused-ring (bicyclic) bond motifs is 6. The molecule has 1 aromatic rings. The fraction of sp³-hybridized carbons (Fsp3) is 0.842. The molecule has 136 valence electrons. The van der Waals surface area contributed by atoms with E-state index in [1.165, 1.54) is 32.1 Å². The van der Waals surface area contributed by atoms with Gasteiger partial charge in [0.05, 0.1) is 6.04 Å². The van der Waals surface area contributed by atoms with Crippen LogP contribution in [0.2, 0.25) is 0 Å². The molecule has 6 unspecified atom stereocenters. The number of rotatable bonds is 3. The molecule has 6 atom stereocenters. The second-order valence-corrected chi connectivity index (χ2v) is 8.54. The van der Waals surface area contributed by atoms with Crippen molar-refractivity contribution < 1.29 is 4.79 Å². The van der Waals surface area contributed by atoms with Crippen molar-refractivity contribution in [3.8, 4) is 0 Å². The number of nitrogens with one attached hydrogen (secondary N) is 2. The molecule has 5 rings (SSSR count). The Labute approximate surface area is 149 Å². The first kappa shape index (κ1) is 15.6. The van der Waals surface area contributed by atoms with Gasteiger partial charge in [0, 0.05) is 19.0 Å². The molecule has 6 nitrogen and oxygen atoms in total. The molecule has 1 aromatic heterocycles. The lowest BCUT2D eigenvalue weighted by Gasteiger charge is -2.32. The van der Waals surface area contributed by atoms with Crippen LogP contribution >= 0.6 is 0 Å². The molecular formula is C19H29N5O. The Morgan fingerprint density at radius 1 is 1.12 bits per heavy atom. The molecule has 4 aliphatic rings. The van der Waals surface area contributed by atoms with Crippen LogP contribution in [0.4, 0.5) is 4.79 Å². The maximum absolute atomic E-state index is 12.6. The topological polar surface area (TPSA) is 71.8 Å². The lowest BCUT2D eigenvalue weighted by atomic mass is 9.79. The molecule has 2 bridgehead atoms. The van der Waals surface area contributed by atoms with E-state index in [0.29, 0.717) is 6.04 Å². The molecule has 6 heteroatoms. The molecule has 25 heavy (non-hydrogen) atoms. The smallest absolute Gasteiger partial charge is 0.315 e. The number of hydrogen-bond acceptors (Lipinski definition) is 3. The third-order valence-electron chi connectivity index (χ3n) is 7.29. The number of amides is 2. The normalized spacial score (nSPS) is 38.4. The zero-order valence-electron chi connectivity index (χ0n) is 15.1. The summed E-state index contributed by atoms with van der Waals surface area (Å²) < 4.78 is 1.98. The summed E-state index contributed by atoms with van der Waals surface area (Å²) >= 11 is 0. The van der Waals surface area contributed by atoms with Gasteiger partial charge >= 0.3 is 6.03 Å². The molecule has 3 aliphatic carbocycles. The van der Waals surface area contributed by atoms with Gasteiger partial charge in [-0.3, -0.25) is 0 Å². The highest BCUT2D eigenvalue weighted by molar-refractivity contribution is 5.74. The van der Waals surface area contributed by atoms with Crippen molar-refractivity contribution in [1.82, 2.24) is 25.4 Å². The number of nitrogens with zero attached hydrogens (tertiary/aromatic N) is 3. The van der Waals surface area contributed by atoms with Gasteiger partial charge in [-0.25, -0.2) is 14.5 Å². The van der Waals surface area contributed by atoms with Crippen LogP contribution in [0.25, 0.3) is 0 Å². The fourth-order valence-electron chi connectivity index (χ4n) is 6.29. The third kappa shape index (κ3) is 2.56. The summed E-state index contributed by atoms with van der Waals surface area (Å²) in [6.45, 7) is 2.99. The van der Waals surface area contributed by atoms with Crippen molar-refractivity contribution in [2.45, 2.75) is 76.9 Å². The van der Waals surface area contributed by atoms with E-state index in [-0.39, 0.29) is 12.1 Å². The van der Waals surface area contributed by atoms with Crippen LogP contribution in [0, 0.1) is 23.7 Å². The quantitative estimate of drug-likeness (QED) is 0.886. The summed E-state index contributed by atoms with van der Waals surface area (Å²) in [6, 6.07) is 0.378. The second kappa shape index (κ2) is 5.99. The highest BCUT2D eigenvalue weighted by atomic mass is 16.2. The van der Waals surface area contributed by atoms with E-state index < -0.39 is 0 Å². The predicted octanol–water partition coefficient (Wildman–Crippen LogP) is 2.80. The zero-order chi connectivity index (χ0) is 17.0. The summed E-state index contributed by atoms with van der Waals surface area (Å²) in [4.78, 5) is 17.3. The average Bonchev–Trinajstić information content (AvgIpc) is 3.35. The first-order chi connectivity index (χ1) is 12.2. The van der Waals surface area contributed by atoms with E-state index in [4.69, 9.17) is 0 Å². The number of carbonyl (C=O) groups is 1. The molecular weight excluding hydrogens is 314 g/mol. The Bertz CT molecular complexity index is 671. The molecule has 2 amide bonds. The van der Waals surface area contributed by atoms with Gasteiger partial charge in [0.2, 0.25) is 0 Å². The van der Waals surface area contributed by atoms with Crippen LogP contribution in [0.1, 0.15) is 69.6 Å². The van der Waals surface area contributed by atoms with Crippen molar-refractivity contribution in [3.05, 3.63) is 11.6 Å². The standard InChI is InChI=1S/C19H29N5O/c1-2-17-22-18-15(7-4-8-24(18)23-17)20-19(25)21-16-10-11-9-14(16)13-6-3-5-12(11)13/h11-16H,2-10H2,1H3,(H2,20,21,25). The van der Waals surface area contributed by atoms with E-state index in [1.807, 2.05) is 4.68 Å². The van der Waals surface area contributed by atoms with Crippen LogP contribution < -0.4 is 10.6 Å². The predicted molar refractivity (Wildman–Crippen MR) is 93.9 cm³/mol. The zero-order valence-corrected chi connectivity index (χ0v) is 15.1. The van der Waals surface area contributed by atoms with Gasteiger partial charge < -0.3 is 10.6 Å². The largest absolute Gasteiger partial charge is 0.335 e. The van der Waals surface area contributed by atoms with Crippen molar-refractivity contribution >= 4 is 6.03 Å². The van der Waals surface area contributed by atoms with Crippen LogP contribution in [0.3, 0.4) is 0 Å². The average molecular weight is 343 g/mol. The molecule has 2 heterocycles. The van der Waals surface area contributed by atoms with Gasteiger partial charge in [-0.05, 0) is 62.2 Å². The summed E-state index contributed by atoms with van der Waals surface area (Å²) in [7, 11) is 0. The maximum atomic E-state index is 12.6. The Kier molecular flexibility index (Phi) is 3.75. The minimum atomic E-state index is -0.00778. The van der Waals surface area contributed by atoms with Gasteiger partial charge in [0.1, 0.15) is 5.82 Å². The van der Waals surface area contributed by atoms with Crippen molar-refractivity contribution in [2.24, 2.45) is 23.7 Å². The van der Waals surface area contributed by atoms with E-state index in [0.717, 1.165) is 61.1 Å². The summed E-state index contributed by atoms with van der Waals surface area (Å²) in [6.07, 6.45) is 9.60. The Morgan fingerprint density at radius 3 is 2.88 bits per heavy atom. The lowest BCUT2D eigenvalue weighted by molar-refractivity contribution is 0.194. The minimum absolute atomic E-state index is 0.000584. The summed E-state index contributed by atoms with van der Waals surface area (Å²) in [5, 5.41) is 11.0. The SMILES string of the molecule is CCc1nc2n(n1)CCCC2NC(=O)NC1CC2CC1C1CCCC21. The molecule has 0 spiro atoms. The number of aryl methyl sites for hydroxylation is 2. The summed E-state index contributed by atoms with van der Waals surface area (Å²) in [5.74, 6) is 5.26. The van der Waals surface area contributed by atoms with Gasteiger partial charge in [0.15, 0.2) is 5.82 Å². The van der Waals surface area contributed by atoms with Gasteiger partial charge in [-0.1, -0.05) is 13.3 Å². The van der Waals surface area contributed by atoms with E-state index in [2.05, 4.69) is 27.6 Å². The fourth-order valence-corrected chi connectivity index (χ4v) is 6.29. The van der Waals surface area contributed by atoms with E-state index >= 15 is 0 Å². The van der Waals surface area contributed by atoms with Crippen LogP contribution in [0.15, 0.2) is 0 Å². The number of hydrogen-bond donors (Lipinski definition) is 2.